The van der Waals surface area contributed by atoms with Gasteiger partial charge in [-0.2, -0.15) is 0 Å². The van der Waals surface area contributed by atoms with E-state index in [1.165, 1.54) is 83.5 Å². The second-order valence-electron chi connectivity index (χ2n) is 13.0. The molecule has 2 aliphatic rings. The summed E-state index contributed by atoms with van der Waals surface area (Å²) in [4.78, 5) is 4.10. The topological polar surface area (TPSA) is 103 Å². The highest BCUT2D eigenvalue weighted by molar-refractivity contribution is 8.93. The summed E-state index contributed by atoms with van der Waals surface area (Å²) in [6.45, 7) is 10.2. The number of aliphatic hydroxyl groups excluding tert-OH is 2. The molecule has 2 N–H and O–H groups in total. The third kappa shape index (κ3) is 12.7. The van der Waals surface area contributed by atoms with Gasteiger partial charge < -0.3 is 50.9 Å². The molecule has 0 spiro atoms. The first-order valence-corrected chi connectivity index (χ1v) is 17.7. The van der Waals surface area contributed by atoms with Crippen molar-refractivity contribution in [2.75, 3.05) is 26.4 Å². The van der Waals surface area contributed by atoms with Crippen molar-refractivity contribution < 1.29 is 55.4 Å². The van der Waals surface area contributed by atoms with Crippen molar-refractivity contribution in [3.8, 4) is 0 Å². The van der Waals surface area contributed by atoms with Crippen LogP contribution in [-0.4, -0.2) is 52.8 Å². The van der Waals surface area contributed by atoms with Gasteiger partial charge in [-0.15, -0.1) is 17.0 Å². The van der Waals surface area contributed by atoms with Gasteiger partial charge >= 0.3 is 0 Å². The van der Waals surface area contributed by atoms with Crippen molar-refractivity contribution in [3.05, 3.63) is 84.9 Å². The maximum absolute atomic E-state index is 10.5. The third-order valence-corrected chi connectivity index (χ3v) is 9.23. The normalized spacial score (nSPS) is 23.6. The smallest absolute Gasteiger partial charge is 0.232 e. The zero-order valence-electron chi connectivity index (χ0n) is 29.2. The fraction of sp³-hybridized carbons (Fsp3) is 0.632. The molecule has 276 valence electrons. The Morgan fingerprint density at radius 1 is 0.776 bits per heavy atom. The lowest BCUT2D eigenvalue weighted by molar-refractivity contribution is -0.698. The van der Waals surface area contributed by atoms with E-state index in [-0.39, 0.29) is 58.7 Å². The van der Waals surface area contributed by atoms with E-state index in [0.29, 0.717) is 5.56 Å². The Morgan fingerprint density at radius 2 is 1.27 bits per heavy atom. The van der Waals surface area contributed by atoms with E-state index in [4.69, 9.17) is 23.7 Å². The number of hydrogen-bond donors (Lipinski definition) is 2. The predicted molar refractivity (Wildman–Crippen MR) is 190 cm³/mol. The molecular weight excluding hydrogens is 756 g/mol. The Balaban J connectivity index is 0.00000417. The van der Waals surface area contributed by atoms with Gasteiger partial charge in [0.2, 0.25) is 12.6 Å². The molecule has 11 heteroatoms. The molecule has 2 aliphatic heterocycles. The van der Waals surface area contributed by atoms with Gasteiger partial charge in [-0.05, 0) is 24.6 Å². The molecular formula is C38H58Br2N2O7. The third-order valence-electron chi connectivity index (χ3n) is 9.23. The summed E-state index contributed by atoms with van der Waals surface area (Å²) >= 11 is 0. The summed E-state index contributed by atoms with van der Waals surface area (Å²) in [6.07, 6.45) is 24.7. The molecule has 2 aromatic heterocycles. The molecule has 4 rings (SSSR count). The molecule has 0 saturated carbocycles. The Bertz CT molecular complexity index is 1240. The van der Waals surface area contributed by atoms with Crippen LogP contribution in [0.15, 0.2) is 73.7 Å². The number of ether oxygens (including phenoxy) is 5. The molecule has 4 unspecified atom stereocenters. The van der Waals surface area contributed by atoms with Gasteiger partial charge in [-0.25, -0.2) is 4.57 Å². The molecule has 2 saturated heterocycles. The molecule has 0 radical (unpaired) electrons. The summed E-state index contributed by atoms with van der Waals surface area (Å²) in [7, 11) is 0. The standard InChI is InChI=1S/C38H57N2O7.2BrH/c1-4-5-6-7-8-9-10-11-12-13-14-15-16-17-23-40-24-19-21-34(26-40)36-44-30-38(28-42,32(3)46-36)47-37(27-41)29-43-35(45-31(37)2)33-20-18-22-39-25-33;;/h18-22,24-26,35-36,41-42H,2-17,23,27-30H2,1H3;2*1H/q+1;;/p-1. The number of rotatable bonds is 21. The zero-order valence-corrected chi connectivity index (χ0v) is 32.5. The first-order valence-electron chi connectivity index (χ1n) is 17.7. The van der Waals surface area contributed by atoms with Crippen molar-refractivity contribution in [1.82, 2.24) is 4.98 Å². The Hall–Kier alpha value is -1.86. The number of nitrogens with zero attached hydrogens (tertiary/aromatic N) is 2. The van der Waals surface area contributed by atoms with E-state index in [1.54, 1.807) is 18.5 Å². The Kier molecular flexibility index (Phi) is 20.2. The Labute approximate surface area is 314 Å². The highest BCUT2D eigenvalue weighted by Crippen LogP contribution is 2.42. The van der Waals surface area contributed by atoms with Gasteiger partial charge in [0.25, 0.3) is 0 Å². The number of aryl methyl sites for hydroxylation is 1. The summed E-state index contributed by atoms with van der Waals surface area (Å²) < 4.78 is 32.5. The minimum Gasteiger partial charge on any atom is -1.00 e. The van der Waals surface area contributed by atoms with Crippen molar-refractivity contribution in [2.24, 2.45) is 0 Å². The zero-order chi connectivity index (χ0) is 33.4. The van der Waals surface area contributed by atoms with Crippen LogP contribution in [-0.2, 0) is 30.2 Å². The molecule has 2 fully saturated rings. The number of unbranched alkanes of at least 4 members (excludes halogenated alkanes) is 13. The summed E-state index contributed by atoms with van der Waals surface area (Å²) in [6, 6.07) is 7.54. The van der Waals surface area contributed by atoms with Crippen LogP contribution in [0, 0.1) is 0 Å². The number of halogens is 2. The minimum absolute atomic E-state index is 0. The second-order valence-corrected chi connectivity index (χ2v) is 13.0. The molecule has 49 heavy (non-hydrogen) atoms. The number of aromatic nitrogens is 2. The van der Waals surface area contributed by atoms with Crippen LogP contribution in [0.25, 0.3) is 0 Å². The fourth-order valence-electron chi connectivity index (χ4n) is 6.16. The van der Waals surface area contributed by atoms with Crippen LogP contribution in [0.4, 0.5) is 0 Å². The predicted octanol–water partition coefficient (Wildman–Crippen LogP) is 4.73. The molecule has 4 atom stereocenters. The lowest BCUT2D eigenvalue weighted by Crippen LogP contribution is -3.00. The van der Waals surface area contributed by atoms with Crippen molar-refractivity contribution in [1.29, 1.82) is 0 Å². The van der Waals surface area contributed by atoms with Crippen LogP contribution in [0.3, 0.4) is 0 Å². The average Bonchev–Trinajstić information content (AvgIpc) is 3.10. The van der Waals surface area contributed by atoms with E-state index < -0.39 is 37.0 Å². The number of aliphatic hydroxyl groups is 2. The monoisotopic (exact) mass is 812 g/mol. The lowest BCUT2D eigenvalue weighted by atomic mass is 9.97. The maximum atomic E-state index is 10.5. The van der Waals surface area contributed by atoms with E-state index in [0.717, 1.165) is 18.5 Å². The molecule has 9 nitrogen and oxygen atoms in total. The SMILES string of the molecule is Br.C=C1OC(c2cccnc2)OCC1(CO)OC1(CO)COC(c2ccc[n+](CCCCCCCCCCCCCCCC)c2)OC1=C.[Br-]. The fourth-order valence-corrected chi connectivity index (χ4v) is 6.16. The molecule has 0 amide bonds. The number of pyridine rings is 2. The largest absolute Gasteiger partial charge is 1.00 e. The van der Waals surface area contributed by atoms with E-state index in [2.05, 4.69) is 35.8 Å². The van der Waals surface area contributed by atoms with Gasteiger partial charge in [0.05, 0.1) is 32.0 Å². The number of hydrogen-bond acceptors (Lipinski definition) is 8. The summed E-state index contributed by atoms with van der Waals surface area (Å²) in [5.74, 6) is 0.351. The summed E-state index contributed by atoms with van der Waals surface area (Å²) in [5.41, 5.74) is -1.38. The van der Waals surface area contributed by atoms with Gasteiger partial charge in [-0.1, -0.05) is 97.1 Å². The van der Waals surface area contributed by atoms with E-state index in [1.807, 2.05) is 24.4 Å². The van der Waals surface area contributed by atoms with Gasteiger partial charge in [-0.3, -0.25) is 4.98 Å². The van der Waals surface area contributed by atoms with Crippen LogP contribution < -0.4 is 21.5 Å². The minimum atomic E-state index is -1.47. The molecule has 0 aliphatic carbocycles. The van der Waals surface area contributed by atoms with Crippen LogP contribution in [0.2, 0.25) is 0 Å². The molecule has 0 bridgehead atoms. The molecule has 4 heterocycles. The van der Waals surface area contributed by atoms with Gasteiger partial charge in [0, 0.05) is 30.4 Å². The average molecular weight is 815 g/mol. The van der Waals surface area contributed by atoms with Crippen molar-refractivity contribution >= 4 is 17.0 Å². The maximum Gasteiger partial charge on any atom is 0.232 e. The quantitative estimate of drug-likeness (QED) is 0.138. The van der Waals surface area contributed by atoms with Gasteiger partial charge in [0.1, 0.15) is 18.1 Å². The van der Waals surface area contributed by atoms with E-state index >= 15 is 0 Å². The van der Waals surface area contributed by atoms with E-state index in [9.17, 15) is 10.2 Å². The van der Waals surface area contributed by atoms with Crippen LogP contribution in [0.1, 0.15) is 121 Å². The lowest BCUT2D eigenvalue weighted by Gasteiger charge is -2.48. The van der Waals surface area contributed by atoms with Crippen molar-refractivity contribution in [2.45, 2.75) is 127 Å². The van der Waals surface area contributed by atoms with Crippen LogP contribution in [0.5, 0.6) is 0 Å². The first-order chi connectivity index (χ1) is 22.9. The van der Waals surface area contributed by atoms with Crippen molar-refractivity contribution in [3.63, 3.8) is 0 Å². The van der Waals surface area contributed by atoms with Gasteiger partial charge in [0.15, 0.2) is 23.6 Å². The molecule has 0 aromatic carbocycles. The van der Waals surface area contributed by atoms with Crippen LogP contribution >= 0.6 is 17.0 Å². The first kappa shape index (κ1) is 43.3. The molecule has 2 aromatic rings. The Morgan fingerprint density at radius 3 is 1.73 bits per heavy atom. The highest BCUT2D eigenvalue weighted by atomic mass is 79.9. The highest BCUT2D eigenvalue weighted by Gasteiger charge is 2.53. The summed E-state index contributed by atoms with van der Waals surface area (Å²) in [5, 5.41) is 20.9. The second kappa shape index (κ2) is 22.9.